The summed E-state index contributed by atoms with van der Waals surface area (Å²) >= 11 is 0. The van der Waals surface area contributed by atoms with Gasteiger partial charge in [-0.3, -0.25) is 14.4 Å². The number of nitrogens with zero attached hydrogens (tertiary/aromatic N) is 3. The van der Waals surface area contributed by atoms with Crippen LogP contribution in [0.5, 0.6) is 0 Å². The number of aliphatic hydroxyl groups is 1. The average Bonchev–Trinajstić information content (AvgIpc) is 3.28. The molecule has 0 bridgehead atoms. The van der Waals surface area contributed by atoms with Crippen LogP contribution in [-0.2, 0) is 14.3 Å². The number of alkyl halides is 2. The first-order valence-electron chi connectivity index (χ1n) is 12.1. The molecular formula is C25H24F3N5O6. The molecule has 1 unspecified atom stereocenters. The number of amides is 3. The van der Waals surface area contributed by atoms with E-state index in [-0.39, 0.29) is 49.0 Å². The smallest absolute Gasteiger partial charge is 0.259 e. The van der Waals surface area contributed by atoms with Crippen LogP contribution in [0.2, 0.25) is 0 Å². The summed E-state index contributed by atoms with van der Waals surface area (Å²) < 4.78 is 52.0. The quantitative estimate of drug-likeness (QED) is 0.440. The van der Waals surface area contributed by atoms with Gasteiger partial charge in [0, 0.05) is 49.9 Å². The number of anilines is 3. The first-order valence-corrected chi connectivity index (χ1v) is 12.1. The van der Waals surface area contributed by atoms with E-state index in [1.807, 2.05) is 0 Å². The Morgan fingerprint density at radius 3 is 2.64 bits per heavy atom. The number of nitrogens with two attached hydrogens (primary N) is 1. The van der Waals surface area contributed by atoms with Crippen LogP contribution in [0, 0.1) is 5.82 Å². The highest BCUT2D eigenvalue weighted by molar-refractivity contribution is 6.05. The molecule has 5 rings (SSSR count). The summed E-state index contributed by atoms with van der Waals surface area (Å²) in [6.45, 7) is -0.521. The van der Waals surface area contributed by atoms with Crippen LogP contribution in [0.25, 0.3) is 11.0 Å². The number of piperidine rings is 1. The zero-order chi connectivity index (χ0) is 27.9. The highest BCUT2D eigenvalue weighted by Gasteiger charge is 2.40. The summed E-state index contributed by atoms with van der Waals surface area (Å²) in [5.74, 6) is -6.07. The predicted octanol–water partition coefficient (Wildman–Crippen LogP) is 2.15. The van der Waals surface area contributed by atoms with Gasteiger partial charge in [-0.1, -0.05) is 5.16 Å². The Morgan fingerprint density at radius 2 is 1.90 bits per heavy atom. The molecule has 3 heterocycles. The molecule has 3 aromatic rings. The number of nitrogens with one attached hydrogen (secondary N) is 1. The molecule has 14 heteroatoms. The standard InChI is InChI=1S/C25H24F3N5O6/c26-17-4-2-14(12-16(17)23(36)32-7-5-25(27,28)6-8-32)33-9-10-38-20(24(33)37)19(34)22(35)30-13-1-3-15-18(11-13)39-31-21(15)29/h1-4,11-12,19-20,34H,5-10H2,(H2,29,31)(H,30,35)/t19?,20-/m1/s1. The molecule has 0 aliphatic carbocycles. The van der Waals surface area contributed by atoms with Crippen molar-refractivity contribution in [1.29, 1.82) is 0 Å². The van der Waals surface area contributed by atoms with Gasteiger partial charge in [0.15, 0.2) is 23.6 Å². The van der Waals surface area contributed by atoms with E-state index < -0.39 is 54.5 Å². The number of hydrogen-bond donors (Lipinski definition) is 3. The van der Waals surface area contributed by atoms with Crippen molar-refractivity contribution in [3.8, 4) is 0 Å². The van der Waals surface area contributed by atoms with Gasteiger partial charge >= 0.3 is 0 Å². The Kier molecular flexibility index (Phi) is 6.91. The number of fused-ring (bicyclic) bond motifs is 1. The summed E-state index contributed by atoms with van der Waals surface area (Å²) in [6, 6.07) is 7.93. The first-order chi connectivity index (χ1) is 18.5. The fourth-order valence-corrected chi connectivity index (χ4v) is 4.53. The van der Waals surface area contributed by atoms with Gasteiger partial charge < -0.3 is 35.2 Å². The Bertz CT molecular complexity index is 1440. The van der Waals surface area contributed by atoms with Crippen molar-refractivity contribution in [2.75, 3.05) is 42.2 Å². The van der Waals surface area contributed by atoms with Crippen LogP contribution in [0.3, 0.4) is 0 Å². The Morgan fingerprint density at radius 1 is 1.15 bits per heavy atom. The van der Waals surface area contributed by atoms with Crippen molar-refractivity contribution in [1.82, 2.24) is 10.1 Å². The molecule has 2 atom stereocenters. The topological polar surface area (TPSA) is 151 Å². The lowest BCUT2D eigenvalue weighted by atomic mass is 10.0. The van der Waals surface area contributed by atoms with Crippen LogP contribution in [-0.4, -0.2) is 77.3 Å². The van der Waals surface area contributed by atoms with Crippen LogP contribution in [0.4, 0.5) is 30.4 Å². The van der Waals surface area contributed by atoms with E-state index >= 15 is 0 Å². The van der Waals surface area contributed by atoms with E-state index in [4.69, 9.17) is 15.0 Å². The van der Waals surface area contributed by atoms with E-state index in [0.29, 0.717) is 11.0 Å². The summed E-state index contributed by atoms with van der Waals surface area (Å²) in [6.07, 6.45) is -4.54. The fourth-order valence-electron chi connectivity index (χ4n) is 4.53. The molecule has 2 saturated heterocycles. The summed E-state index contributed by atoms with van der Waals surface area (Å²) in [4.78, 5) is 41.1. The zero-order valence-electron chi connectivity index (χ0n) is 20.4. The summed E-state index contributed by atoms with van der Waals surface area (Å²) in [5, 5.41) is 17.3. The largest absolute Gasteiger partial charge is 0.380 e. The summed E-state index contributed by atoms with van der Waals surface area (Å²) in [7, 11) is 0. The predicted molar refractivity (Wildman–Crippen MR) is 132 cm³/mol. The molecular weight excluding hydrogens is 523 g/mol. The third-order valence-corrected chi connectivity index (χ3v) is 6.72. The minimum absolute atomic E-state index is 0.00244. The number of rotatable bonds is 5. The molecule has 0 saturated carbocycles. The number of aromatic nitrogens is 1. The third kappa shape index (κ3) is 5.25. The number of ether oxygens (including phenoxy) is 1. The molecule has 3 amide bonds. The maximum Gasteiger partial charge on any atom is 0.259 e. The van der Waals surface area contributed by atoms with Crippen molar-refractivity contribution >= 4 is 45.9 Å². The van der Waals surface area contributed by atoms with Gasteiger partial charge in [0.1, 0.15) is 5.82 Å². The van der Waals surface area contributed by atoms with Gasteiger partial charge in [0.05, 0.1) is 17.6 Å². The van der Waals surface area contributed by atoms with Crippen LogP contribution < -0.4 is 16.0 Å². The molecule has 2 aliphatic rings. The number of halogens is 3. The van der Waals surface area contributed by atoms with Gasteiger partial charge in [-0.05, 0) is 30.3 Å². The van der Waals surface area contributed by atoms with E-state index in [1.165, 1.54) is 18.2 Å². The fraction of sp³-hybridized carbons (Fsp3) is 0.360. The number of hydrogen-bond acceptors (Lipinski definition) is 8. The van der Waals surface area contributed by atoms with Crippen LogP contribution in [0.1, 0.15) is 23.2 Å². The minimum atomic E-state index is -2.88. The minimum Gasteiger partial charge on any atom is -0.380 e. The number of nitrogen functional groups attached to an aromatic ring is 1. The lowest BCUT2D eigenvalue weighted by Gasteiger charge is -2.34. The normalized spacial score (nSPS) is 20.2. The van der Waals surface area contributed by atoms with E-state index in [9.17, 15) is 32.7 Å². The third-order valence-electron chi connectivity index (χ3n) is 6.72. The molecule has 39 heavy (non-hydrogen) atoms. The maximum atomic E-state index is 14.6. The zero-order valence-corrected chi connectivity index (χ0v) is 20.4. The second-order valence-electron chi connectivity index (χ2n) is 9.31. The van der Waals surface area contributed by atoms with Crippen molar-refractivity contribution in [3.63, 3.8) is 0 Å². The molecule has 4 N–H and O–H groups in total. The number of morpholine rings is 1. The monoisotopic (exact) mass is 547 g/mol. The van der Waals surface area contributed by atoms with Crippen LogP contribution in [0.15, 0.2) is 40.9 Å². The van der Waals surface area contributed by atoms with Crippen molar-refractivity contribution in [2.24, 2.45) is 0 Å². The summed E-state index contributed by atoms with van der Waals surface area (Å²) in [5.41, 5.74) is 5.97. The lowest BCUT2D eigenvalue weighted by Crippen LogP contribution is -2.55. The SMILES string of the molecule is Nc1noc2cc(NC(=O)C(O)[C@H]3OCCN(c4ccc(F)c(C(=O)N5CCC(F)(F)CC5)c4)C3=O)ccc12. The van der Waals surface area contributed by atoms with Gasteiger partial charge in [0.2, 0.25) is 0 Å². The van der Waals surface area contributed by atoms with Crippen molar-refractivity contribution in [3.05, 3.63) is 47.8 Å². The molecule has 2 aromatic carbocycles. The molecule has 2 aliphatic heterocycles. The van der Waals surface area contributed by atoms with Crippen LogP contribution >= 0.6 is 0 Å². The number of carbonyl (C=O) groups excluding carboxylic acids is 3. The van der Waals surface area contributed by atoms with E-state index in [0.717, 1.165) is 21.9 Å². The van der Waals surface area contributed by atoms with E-state index in [1.54, 1.807) is 6.07 Å². The van der Waals surface area contributed by atoms with Gasteiger partial charge in [-0.25, -0.2) is 13.2 Å². The lowest BCUT2D eigenvalue weighted by molar-refractivity contribution is -0.150. The Balaban J connectivity index is 1.29. The molecule has 0 spiro atoms. The first kappa shape index (κ1) is 26.4. The number of carbonyl (C=O) groups is 3. The van der Waals surface area contributed by atoms with Gasteiger partial charge in [-0.15, -0.1) is 0 Å². The Labute approximate surface area is 219 Å². The highest BCUT2D eigenvalue weighted by Crippen LogP contribution is 2.30. The second kappa shape index (κ2) is 10.2. The second-order valence-corrected chi connectivity index (χ2v) is 9.31. The maximum absolute atomic E-state index is 14.6. The molecule has 206 valence electrons. The molecule has 1 aromatic heterocycles. The number of benzene rings is 2. The van der Waals surface area contributed by atoms with Crippen molar-refractivity contribution in [2.45, 2.75) is 31.0 Å². The molecule has 11 nitrogen and oxygen atoms in total. The van der Waals surface area contributed by atoms with Gasteiger partial charge in [0.25, 0.3) is 23.6 Å². The number of likely N-dealkylation sites (tertiary alicyclic amines) is 1. The Hall–Kier alpha value is -4.17. The molecule has 0 radical (unpaired) electrons. The van der Waals surface area contributed by atoms with E-state index in [2.05, 4.69) is 10.5 Å². The number of aliphatic hydroxyl groups excluding tert-OH is 1. The van der Waals surface area contributed by atoms with Gasteiger partial charge in [-0.2, -0.15) is 0 Å². The average molecular weight is 547 g/mol. The van der Waals surface area contributed by atoms with Crippen molar-refractivity contribution < 1.29 is 41.9 Å². The molecule has 2 fully saturated rings. The highest BCUT2D eigenvalue weighted by atomic mass is 19.3.